The number of carbonyl (C=O) groups is 1. The van der Waals surface area contributed by atoms with Gasteiger partial charge in [-0.1, -0.05) is 19.3 Å². The molecule has 1 saturated heterocycles. The van der Waals surface area contributed by atoms with Crippen molar-refractivity contribution < 1.29 is 4.79 Å². The summed E-state index contributed by atoms with van der Waals surface area (Å²) in [5.74, 6) is 0.371. The Labute approximate surface area is 109 Å². The summed E-state index contributed by atoms with van der Waals surface area (Å²) in [5, 5.41) is 0. The summed E-state index contributed by atoms with van der Waals surface area (Å²) in [6, 6.07) is 4.07. The van der Waals surface area contributed by atoms with E-state index in [0.717, 1.165) is 25.9 Å². The van der Waals surface area contributed by atoms with Crippen molar-refractivity contribution in [3.63, 3.8) is 0 Å². The normalized spacial score (nSPS) is 23.2. The van der Waals surface area contributed by atoms with Gasteiger partial charge < -0.3 is 9.47 Å². The lowest BCUT2D eigenvalue weighted by molar-refractivity contribution is -0.141. The zero-order valence-corrected chi connectivity index (χ0v) is 11.0. The van der Waals surface area contributed by atoms with Crippen LogP contribution in [0, 0.1) is 0 Å². The van der Waals surface area contributed by atoms with E-state index in [0.29, 0.717) is 5.91 Å². The van der Waals surface area contributed by atoms with Crippen molar-refractivity contribution in [2.45, 2.75) is 50.5 Å². The minimum atomic E-state index is -0.272. The molecule has 3 rings (SSSR count). The maximum absolute atomic E-state index is 12.9. The summed E-state index contributed by atoms with van der Waals surface area (Å²) in [6.45, 7) is 1.92. The molecule has 0 spiro atoms. The summed E-state index contributed by atoms with van der Waals surface area (Å²) in [5.41, 5.74) is -0.272. The largest absolute Gasteiger partial charge is 0.341 e. The van der Waals surface area contributed by atoms with E-state index in [-0.39, 0.29) is 5.54 Å². The standard InChI is InChI=1S/C15H22N2O/c18-14(16-10-4-5-11-16)15(8-2-1-3-9-15)17-12-6-7-13-17/h6-7,12-13H,1-5,8-11H2. The summed E-state index contributed by atoms with van der Waals surface area (Å²) < 4.78 is 2.17. The van der Waals surface area contributed by atoms with E-state index in [1.807, 2.05) is 12.1 Å². The third-order valence-corrected chi connectivity index (χ3v) is 4.57. The highest BCUT2D eigenvalue weighted by atomic mass is 16.2. The number of rotatable bonds is 2. The Morgan fingerprint density at radius 3 is 2.11 bits per heavy atom. The molecule has 0 aromatic carbocycles. The van der Waals surface area contributed by atoms with Gasteiger partial charge >= 0.3 is 0 Å². The van der Waals surface area contributed by atoms with Crippen LogP contribution in [0.4, 0.5) is 0 Å². The summed E-state index contributed by atoms with van der Waals surface area (Å²) >= 11 is 0. The van der Waals surface area contributed by atoms with Gasteiger partial charge in [-0.2, -0.15) is 0 Å². The van der Waals surface area contributed by atoms with E-state index >= 15 is 0 Å². The Kier molecular flexibility index (Phi) is 3.14. The van der Waals surface area contributed by atoms with Crippen molar-refractivity contribution in [3.05, 3.63) is 24.5 Å². The summed E-state index contributed by atoms with van der Waals surface area (Å²) in [6.07, 6.45) is 12.1. The summed E-state index contributed by atoms with van der Waals surface area (Å²) in [4.78, 5) is 15.0. The second-order valence-electron chi connectivity index (χ2n) is 5.68. The highest BCUT2D eigenvalue weighted by Gasteiger charge is 2.43. The van der Waals surface area contributed by atoms with Gasteiger partial charge in [0.05, 0.1) is 0 Å². The van der Waals surface area contributed by atoms with E-state index in [1.165, 1.54) is 32.1 Å². The summed E-state index contributed by atoms with van der Waals surface area (Å²) in [7, 11) is 0. The van der Waals surface area contributed by atoms with Gasteiger partial charge in [0.15, 0.2) is 0 Å². The first kappa shape index (κ1) is 11.8. The minimum Gasteiger partial charge on any atom is -0.341 e. The van der Waals surface area contributed by atoms with Gasteiger partial charge in [-0.3, -0.25) is 4.79 Å². The lowest BCUT2D eigenvalue weighted by atomic mass is 9.80. The zero-order valence-electron chi connectivity index (χ0n) is 11.0. The van der Waals surface area contributed by atoms with Gasteiger partial charge in [0.25, 0.3) is 0 Å². The molecule has 0 radical (unpaired) electrons. The molecule has 1 aromatic rings. The van der Waals surface area contributed by atoms with Crippen LogP contribution in [0.1, 0.15) is 44.9 Å². The number of hydrogen-bond donors (Lipinski definition) is 0. The van der Waals surface area contributed by atoms with Crippen molar-refractivity contribution in [1.82, 2.24) is 9.47 Å². The van der Waals surface area contributed by atoms with Gasteiger partial charge in [-0.05, 0) is 37.8 Å². The highest BCUT2D eigenvalue weighted by Crippen LogP contribution is 2.37. The monoisotopic (exact) mass is 246 g/mol. The van der Waals surface area contributed by atoms with Gasteiger partial charge in [0.2, 0.25) is 5.91 Å². The molecule has 2 heterocycles. The van der Waals surface area contributed by atoms with Crippen molar-refractivity contribution in [1.29, 1.82) is 0 Å². The maximum Gasteiger partial charge on any atom is 0.248 e. The van der Waals surface area contributed by atoms with Crippen LogP contribution in [0.5, 0.6) is 0 Å². The van der Waals surface area contributed by atoms with Crippen LogP contribution in [0.3, 0.4) is 0 Å². The van der Waals surface area contributed by atoms with Crippen molar-refractivity contribution in [3.8, 4) is 0 Å². The molecule has 0 N–H and O–H groups in total. The fourth-order valence-corrected chi connectivity index (χ4v) is 3.55. The van der Waals surface area contributed by atoms with Crippen LogP contribution in [-0.4, -0.2) is 28.5 Å². The molecule has 1 aromatic heterocycles. The van der Waals surface area contributed by atoms with Gasteiger partial charge in [0, 0.05) is 25.5 Å². The van der Waals surface area contributed by atoms with Crippen molar-refractivity contribution in [2.75, 3.05) is 13.1 Å². The number of likely N-dealkylation sites (tertiary alicyclic amines) is 1. The zero-order chi connectivity index (χ0) is 12.4. The van der Waals surface area contributed by atoms with Crippen molar-refractivity contribution in [2.24, 2.45) is 0 Å². The SMILES string of the molecule is O=C(N1CCCC1)C1(n2cccc2)CCCCC1. The van der Waals surface area contributed by atoms with Crippen LogP contribution in [0.15, 0.2) is 24.5 Å². The van der Waals surface area contributed by atoms with Crippen LogP contribution in [-0.2, 0) is 10.3 Å². The lowest BCUT2D eigenvalue weighted by Gasteiger charge is -2.40. The number of nitrogens with zero attached hydrogens (tertiary/aromatic N) is 2. The Bertz CT molecular complexity index is 398. The van der Waals surface area contributed by atoms with Crippen LogP contribution < -0.4 is 0 Å². The first-order valence-corrected chi connectivity index (χ1v) is 7.26. The molecule has 2 aliphatic rings. The van der Waals surface area contributed by atoms with Gasteiger partial charge in [0.1, 0.15) is 5.54 Å². The predicted octanol–water partition coefficient (Wildman–Crippen LogP) is 2.77. The number of aromatic nitrogens is 1. The molecule has 1 aliphatic heterocycles. The molecule has 3 heteroatoms. The van der Waals surface area contributed by atoms with Crippen LogP contribution in [0.25, 0.3) is 0 Å². The first-order chi connectivity index (χ1) is 8.83. The third kappa shape index (κ3) is 1.86. The van der Waals surface area contributed by atoms with Crippen LogP contribution >= 0.6 is 0 Å². The van der Waals surface area contributed by atoms with E-state index < -0.39 is 0 Å². The molecule has 2 fully saturated rings. The first-order valence-electron chi connectivity index (χ1n) is 7.26. The van der Waals surface area contributed by atoms with E-state index in [4.69, 9.17) is 0 Å². The van der Waals surface area contributed by atoms with Gasteiger partial charge in [-0.25, -0.2) is 0 Å². The predicted molar refractivity (Wildman–Crippen MR) is 71.3 cm³/mol. The molecule has 0 bridgehead atoms. The van der Waals surface area contributed by atoms with Gasteiger partial charge in [-0.15, -0.1) is 0 Å². The molecule has 0 unspecified atom stereocenters. The molecular weight excluding hydrogens is 224 g/mol. The quantitative estimate of drug-likeness (QED) is 0.787. The maximum atomic E-state index is 12.9. The minimum absolute atomic E-state index is 0.272. The Hall–Kier alpha value is -1.25. The lowest BCUT2D eigenvalue weighted by Crippen LogP contribution is -2.50. The van der Waals surface area contributed by atoms with Crippen LogP contribution in [0.2, 0.25) is 0 Å². The molecule has 1 saturated carbocycles. The second-order valence-corrected chi connectivity index (χ2v) is 5.68. The Morgan fingerprint density at radius 2 is 1.50 bits per heavy atom. The smallest absolute Gasteiger partial charge is 0.248 e. The number of carbonyl (C=O) groups excluding carboxylic acids is 1. The van der Waals surface area contributed by atoms with E-state index in [2.05, 4.69) is 21.9 Å². The Balaban J connectivity index is 1.91. The Morgan fingerprint density at radius 1 is 0.889 bits per heavy atom. The molecule has 1 amide bonds. The molecule has 18 heavy (non-hydrogen) atoms. The van der Waals surface area contributed by atoms with Crippen molar-refractivity contribution >= 4 is 5.91 Å². The molecular formula is C15H22N2O. The average Bonchev–Trinajstić information content (AvgIpc) is 3.11. The molecule has 3 nitrogen and oxygen atoms in total. The average molecular weight is 246 g/mol. The second kappa shape index (κ2) is 4.79. The molecule has 98 valence electrons. The topological polar surface area (TPSA) is 25.2 Å². The fourth-order valence-electron chi connectivity index (χ4n) is 3.55. The number of amides is 1. The number of hydrogen-bond acceptors (Lipinski definition) is 1. The third-order valence-electron chi connectivity index (χ3n) is 4.57. The van der Waals surface area contributed by atoms with E-state index in [9.17, 15) is 4.79 Å². The van der Waals surface area contributed by atoms with E-state index in [1.54, 1.807) is 0 Å². The highest BCUT2D eigenvalue weighted by molar-refractivity contribution is 5.85. The molecule has 1 aliphatic carbocycles. The molecule has 0 atom stereocenters. The fraction of sp³-hybridized carbons (Fsp3) is 0.667.